The molecule has 27 heteroatoms. The number of carbonyl (C=O) groups is 10. The van der Waals surface area contributed by atoms with Crippen LogP contribution in [0, 0.1) is 0 Å². The number of hydrogen-bond donors (Lipinski definition) is 1. The highest BCUT2D eigenvalue weighted by Crippen LogP contribution is 2.38. The molecule has 10 aromatic rings. The minimum Gasteiger partial charge on any atom is -0.459 e. The molecule has 10 aromatic carbocycles. The van der Waals surface area contributed by atoms with Crippen LogP contribution in [0.5, 0.6) is 0 Å². The average molecular weight is 1590 g/mol. The molecule has 3 saturated heterocycles. The van der Waals surface area contributed by atoms with Gasteiger partial charge in [0.15, 0.2) is 73.8 Å². The summed E-state index contributed by atoms with van der Waals surface area (Å²) < 4.78 is 104. The van der Waals surface area contributed by atoms with Crippen LogP contribution in [0.15, 0.2) is 303 Å². The summed E-state index contributed by atoms with van der Waals surface area (Å²) in [6.45, 7) is -3.15. The van der Waals surface area contributed by atoms with Crippen molar-refractivity contribution in [2.24, 2.45) is 5.73 Å². The Morgan fingerprint density at radius 2 is 0.385 bits per heavy atom. The second-order valence-corrected chi connectivity index (χ2v) is 26.5. The van der Waals surface area contributed by atoms with Crippen LogP contribution in [0.3, 0.4) is 0 Å². The van der Waals surface area contributed by atoms with E-state index in [0.29, 0.717) is 0 Å². The fraction of sp³-hybridized carbons (Fsp3) is 0.222. The van der Waals surface area contributed by atoms with Crippen LogP contribution in [-0.4, -0.2) is 185 Å². The van der Waals surface area contributed by atoms with Crippen molar-refractivity contribution in [2.75, 3.05) is 33.0 Å². The van der Waals surface area contributed by atoms with Gasteiger partial charge in [0.05, 0.1) is 75.5 Å². The first-order valence-electron chi connectivity index (χ1n) is 37.2. The number of carbonyl (C=O) groups excluding carboxylic acids is 10. The molecule has 2 N–H and O–H groups in total. The predicted octanol–water partition coefficient (Wildman–Crippen LogP) is 11.1. The number of hydrogen-bond acceptors (Lipinski definition) is 27. The van der Waals surface area contributed by atoms with Crippen molar-refractivity contribution < 1.29 is 124 Å². The molecule has 3 aliphatic heterocycles. The van der Waals surface area contributed by atoms with Crippen LogP contribution in [-0.2, 0) is 75.8 Å². The fourth-order valence-corrected chi connectivity index (χ4v) is 12.9. The van der Waals surface area contributed by atoms with Gasteiger partial charge >= 0.3 is 59.7 Å². The minimum atomic E-state index is -2.14. The van der Waals surface area contributed by atoms with Crippen LogP contribution in [0.2, 0.25) is 0 Å². The summed E-state index contributed by atoms with van der Waals surface area (Å²) in [5.74, 6) is -10.3. The Morgan fingerprint density at radius 3 is 0.590 bits per heavy atom. The summed E-state index contributed by atoms with van der Waals surface area (Å²) in [6, 6.07) is 76.3. The molecule has 0 amide bonds. The third-order valence-electron chi connectivity index (χ3n) is 18.7. The Labute approximate surface area is 670 Å². The van der Waals surface area contributed by atoms with Gasteiger partial charge in [0, 0.05) is 6.54 Å². The quantitative estimate of drug-likeness (QED) is 0.0323. The van der Waals surface area contributed by atoms with Gasteiger partial charge in [-0.1, -0.05) is 182 Å². The first kappa shape index (κ1) is 81.6. The van der Waals surface area contributed by atoms with Gasteiger partial charge in [-0.15, -0.1) is 0 Å². The molecule has 0 radical (unpaired) electrons. The number of nitrogens with two attached hydrogens (primary N) is 1. The smallest absolute Gasteiger partial charge is 0.338 e. The van der Waals surface area contributed by atoms with Gasteiger partial charge in [0.2, 0.25) is 0 Å². The zero-order chi connectivity index (χ0) is 81.4. The maximum Gasteiger partial charge on any atom is 0.338 e. The van der Waals surface area contributed by atoms with Crippen molar-refractivity contribution in [3.63, 3.8) is 0 Å². The molecule has 27 nitrogen and oxygen atoms in total. The summed E-state index contributed by atoms with van der Waals surface area (Å²) in [5.41, 5.74) is 5.87. The molecule has 0 spiro atoms. The van der Waals surface area contributed by atoms with Crippen LogP contribution in [0.4, 0.5) is 0 Å². The minimum absolute atomic E-state index is 0.000565. The Balaban J connectivity index is 0.950. The molecule has 3 aliphatic rings. The van der Waals surface area contributed by atoms with E-state index < -0.39 is 172 Å². The highest BCUT2D eigenvalue weighted by atomic mass is 16.8. The van der Waals surface area contributed by atoms with Crippen LogP contribution >= 0.6 is 0 Å². The molecule has 598 valence electrons. The normalized spacial score (nSPS) is 22.7. The lowest BCUT2D eigenvalue weighted by Crippen LogP contribution is -2.66. The van der Waals surface area contributed by atoms with E-state index in [1.165, 1.54) is 158 Å². The monoisotopic (exact) mass is 1590 g/mol. The molecule has 0 saturated carbocycles. The first-order valence-corrected chi connectivity index (χ1v) is 37.2. The third kappa shape index (κ3) is 21.2. The lowest BCUT2D eigenvalue weighted by molar-refractivity contribution is -0.339. The van der Waals surface area contributed by atoms with Crippen molar-refractivity contribution in [2.45, 2.75) is 92.1 Å². The predicted molar refractivity (Wildman–Crippen MR) is 410 cm³/mol. The standard InChI is InChI=1S/C90H77NO26/c91-51-52-102-88-75(115-85(99)63-45-25-8-26-46-63)72(112-82(96)60-39-19-5-20-40-60)70(110-80(94)58-35-15-3-16-36-58)67(106-88)54-104-90-77(117-87(101)65-49-29-10-30-50-65)74(114-84(98)62-43-23-7-24-44-62)71(111-81(95)59-37-17-4-18-38-59)68(108-90)55-105-89-76(116-86(100)64-47-27-9-28-48-64)73(113-83(97)61-41-21-6-22-42-61)69(109-79(93)57-33-13-2-14-34-57)66(107-89)53-103-78(92)56-31-11-1-12-32-56/h1-50,66-77,88-90H,51-55,91H2/t66-,67-,68-,69-,70-,71-,72+,73+,74+,75-,76-,77-,88-,89-,90-/m1/s1. The molecule has 0 aliphatic carbocycles. The van der Waals surface area contributed by atoms with E-state index in [0.717, 1.165) is 0 Å². The Bertz CT molecular complexity index is 4970. The zero-order valence-electron chi connectivity index (χ0n) is 62.3. The molecule has 13 rings (SSSR count). The molecular formula is C90H77NO26. The molecule has 117 heavy (non-hydrogen) atoms. The topological polar surface area (TPSA) is 344 Å². The maximum absolute atomic E-state index is 15.1. The van der Waals surface area contributed by atoms with Crippen molar-refractivity contribution in [3.8, 4) is 0 Å². The lowest BCUT2D eigenvalue weighted by atomic mass is 9.96. The van der Waals surface area contributed by atoms with Crippen molar-refractivity contribution in [1.29, 1.82) is 0 Å². The average Bonchev–Trinajstić information content (AvgIpc) is 0.772. The van der Waals surface area contributed by atoms with E-state index in [1.807, 2.05) is 0 Å². The summed E-state index contributed by atoms with van der Waals surface area (Å²) in [5, 5.41) is 0. The molecule has 3 fully saturated rings. The summed E-state index contributed by atoms with van der Waals surface area (Å²) in [7, 11) is 0. The molecule has 0 aromatic heterocycles. The van der Waals surface area contributed by atoms with Crippen molar-refractivity contribution in [3.05, 3.63) is 359 Å². The van der Waals surface area contributed by atoms with E-state index in [4.69, 9.17) is 81.5 Å². The second-order valence-electron chi connectivity index (χ2n) is 26.5. The van der Waals surface area contributed by atoms with Gasteiger partial charge in [-0.3, -0.25) is 0 Å². The van der Waals surface area contributed by atoms with E-state index in [-0.39, 0.29) is 68.8 Å². The van der Waals surface area contributed by atoms with Gasteiger partial charge in [0.25, 0.3) is 0 Å². The highest BCUT2D eigenvalue weighted by Gasteiger charge is 2.59. The maximum atomic E-state index is 15.1. The molecule has 15 atom stereocenters. The van der Waals surface area contributed by atoms with Gasteiger partial charge in [-0.25, -0.2) is 47.9 Å². The van der Waals surface area contributed by atoms with Crippen LogP contribution < -0.4 is 5.73 Å². The van der Waals surface area contributed by atoms with Gasteiger partial charge < -0.3 is 81.5 Å². The lowest BCUT2D eigenvalue weighted by Gasteiger charge is -2.47. The Kier molecular flexibility index (Phi) is 28.0. The van der Waals surface area contributed by atoms with Crippen molar-refractivity contribution in [1.82, 2.24) is 0 Å². The number of benzene rings is 10. The molecular weight excluding hydrogens is 1510 g/mol. The van der Waals surface area contributed by atoms with E-state index in [9.17, 15) is 33.6 Å². The third-order valence-corrected chi connectivity index (χ3v) is 18.7. The van der Waals surface area contributed by atoms with E-state index >= 15 is 14.4 Å². The van der Waals surface area contributed by atoms with E-state index in [2.05, 4.69) is 0 Å². The second kappa shape index (κ2) is 40.1. The van der Waals surface area contributed by atoms with Gasteiger partial charge in [0.1, 0.15) is 24.9 Å². The van der Waals surface area contributed by atoms with Crippen LogP contribution in [0.1, 0.15) is 104 Å². The summed E-state index contributed by atoms with van der Waals surface area (Å²) in [4.78, 5) is 147. The highest BCUT2D eigenvalue weighted by molar-refractivity contribution is 5.95. The fourth-order valence-electron chi connectivity index (χ4n) is 12.9. The molecule has 0 unspecified atom stereocenters. The molecule has 3 heterocycles. The zero-order valence-corrected chi connectivity index (χ0v) is 62.3. The summed E-state index contributed by atoms with van der Waals surface area (Å²) in [6.07, 6.45) is -29.1. The summed E-state index contributed by atoms with van der Waals surface area (Å²) >= 11 is 0. The van der Waals surface area contributed by atoms with E-state index in [1.54, 1.807) is 146 Å². The Hall–Kier alpha value is -13.4. The Morgan fingerprint density at radius 1 is 0.214 bits per heavy atom. The van der Waals surface area contributed by atoms with Gasteiger partial charge in [-0.2, -0.15) is 0 Å². The number of rotatable bonds is 30. The largest absolute Gasteiger partial charge is 0.459 e. The number of ether oxygens (including phenoxy) is 16. The SMILES string of the molecule is NCCO[C@@H]1O[C@H](CO[C@@H]2O[C@H](CO[C@@H]3O[C@H](COC(=O)c4ccccc4)[C@@H](OC(=O)c4ccccc4)[C@H](OC(=O)c4ccccc4)[C@H]3OC(=O)c3ccccc3)[C@@H](OC(=O)c3ccccc3)[C@H](OC(=O)c3ccccc3)[C@H]2OC(=O)c2ccccc2)[C@@H](OC(=O)c2ccccc2)[C@H](OC(=O)c2ccccc2)[C@H]1OC(=O)c1ccccc1. The van der Waals surface area contributed by atoms with Crippen LogP contribution in [0.25, 0.3) is 0 Å². The number of esters is 10. The molecule has 0 bridgehead atoms. The first-order chi connectivity index (χ1) is 57.1. The van der Waals surface area contributed by atoms with Crippen molar-refractivity contribution >= 4 is 59.7 Å². The van der Waals surface area contributed by atoms with Gasteiger partial charge in [-0.05, 0) is 121 Å².